The van der Waals surface area contributed by atoms with Crippen LogP contribution in [-0.2, 0) is 14.3 Å². The van der Waals surface area contributed by atoms with Crippen LogP contribution in [0.3, 0.4) is 0 Å². The van der Waals surface area contributed by atoms with Crippen molar-refractivity contribution in [2.75, 3.05) is 18.5 Å². The summed E-state index contributed by atoms with van der Waals surface area (Å²) in [5.74, 6) is -1.81. The Hall–Kier alpha value is -2.08. The molecular weight excluding hydrogens is 286 g/mol. The smallest absolute Gasteiger partial charge is 0.225 e. The third-order valence-corrected chi connectivity index (χ3v) is 3.57. The molecule has 1 heterocycles. The highest BCUT2D eigenvalue weighted by Gasteiger charge is 2.28. The van der Waals surface area contributed by atoms with Gasteiger partial charge in [-0.3, -0.25) is 4.79 Å². The van der Waals surface area contributed by atoms with Gasteiger partial charge in [0.15, 0.2) is 0 Å². The Labute approximate surface area is 129 Å². The molecule has 0 spiro atoms. The molecule has 6 nitrogen and oxygen atoms in total. The summed E-state index contributed by atoms with van der Waals surface area (Å²) in [6.45, 7) is 3.00. The van der Waals surface area contributed by atoms with E-state index in [1.165, 1.54) is 0 Å². The van der Waals surface area contributed by atoms with Gasteiger partial charge in [-0.05, 0) is 44.0 Å². The maximum absolute atomic E-state index is 12.0. The summed E-state index contributed by atoms with van der Waals surface area (Å²) in [4.78, 5) is 23.2. The highest BCUT2D eigenvalue weighted by Crippen LogP contribution is 2.23. The molecule has 0 aliphatic carbocycles. The zero-order chi connectivity index (χ0) is 15.9. The van der Waals surface area contributed by atoms with Crippen LogP contribution in [0.4, 0.5) is 5.69 Å². The number of hydrogen-bond donors (Lipinski definition) is 1. The highest BCUT2D eigenvalue weighted by molar-refractivity contribution is 5.93. The third-order valence-electron chi connectivity index (χ3n) is 3.57. The minimum absolute atomic E-state index is 0.153. The average molecular weight is 306 g/mol. The third kappa shape index (κ3) is 4.46. The Balaban J connectivity index is 1.91. The van der Waals surface area contributed by atoms with E-state index < -0.39 is 18.0 Å². The van der Waals surface area contributed by atoms with Crippen LogP contribution in [0, 0.1) is 5.92 Å². The molecule has 1 aliphatic heterocycles. The Bertz CT molecular complexity index is 508. The van der Waals surface area contributed by atoms with Gasteiger partial charge in [0.05, 0.1) is 12.7 Å². The quantitative estimate of drug-likeness (QED) is 0.810. The maximum atomic E-state index is 12.0. The Morgan fingerprint density at radius 1 is 1.41 bits per heavy atom. The number of carboxylic acid groups (broad SMARTS) is 1. The molecule has 1 aliphatic rings. The number of anilines is 1. The molecule has 1 amide bonds. The van der Waals surface area contributed by atoms with Crippen LogP contribution < -0.4 is 15.2 Å². The first-order chi connectivity index (χ1) is 10.6. The van der Waals surface area contributed by atoms with Crippen molar-refractivity contribution in [3.05, 3.63) is 24.3 Å². The van der Waals surface area contributed by atoms with Gasteiger partial charge in [-0.25, -0.2) is 0 Å². The number of ether oxygens (including phenoxy) is 2. The Kier molecular flexibility index (Phi) is 5.77. The van der Waals surface area contributed by atoms with Gasteiger partial charge in [0.25, 0.3) is 0 Å². The number of amides is 1. The molecule has 0 radical (unpaired) electrons. The summed E-state index contributed by atoms with van der Waals surface area (Å²) in [7, 11) is 0. The van der Waals surface area contributed by atoms with Crippen molar-refractivity contribution in [2.24, 2.45) is 5.92 Å². The summed E-state index contributed by atoms with van der Waals surface area (Å²) < 4.78 is 10.7. The topological polar surface area (TPSA) is 87.7 Å². The highest BCUT2D eigenvalue weighted by atomic mass is 16.5. The molecule has 1 aromatic rings. The van der Waals surface area contributed by atoms with Gasteiger partial charge in [0, 0.05) is 30.6 Å². The fourth-order valence-electron chi connectivity index (χ4n) is 2.50. The molecular formula is C16H20NO5-. The van der Waals surface area contributed by atoms with E-state index >= 15 is 0 Å². The van der Waals surface area contributed by atoms with E-state index in [9.17, 15) is 14.7 Å². The first kappa shape index (κ1) is 16.3. The van der Waals surface area contributed by atoms with Gasteiger partial charge in [0.2, 0.25) is 5.91 Å². The van der Waals surface area contributed by atoms with Crippen molar-refractivity contribution >= 4 is 17.6 Å². The monoisotopic (exact) mass is 306 g/mol. The Morgan fingerprint density at radius 3 is 2.68 bits per heavy atom. The zero-order valence-electron chi connectivity index (χ0n) is 12.5. The molecule has 1 saturated heterocycles. The lowest BCUT2D eigenvalue weighted by atomic mass is 9.96. The van der Waals surface area contributed by atoms with Gasteiger partial charge < -0.3 is 24.7 Å². The second-order valence-electron chi connectivity index (χ2n) is 5.19. The molecule has 0 unspecified atom stereocenters. The molecule has 6 heteroatoms. The fraction of sp³-hybridized carbons (Fsp3) is 0.500. The second-order valence-corrected chi connectivity index (χ2v) is 5.19. The number of nitrogens with one attached hydrogen (secondary N) is 1. The van der Waals surface area contributed by atoms with Crippen molar-refractivity contribution in [1.29, 1.82) is 0 Å². The van der Waals surface area contributed by atoms with Gasteiger partial charge >= 0.3 is 0 Å². The van der Waals surface area contributed by atoms with E-state index in [2.05, 4.69) is 5.32 Å². The van der Waals surface area contributed by atoms with Crippen molar-refractivity contribution in [2.45, 2.75) is 32.3 Å². The number of carbonyl (C=O) groups is 2. The van der Waals surface area contributed by atoms with Crippen LogP contribution in [-0.4, -0.2) is 31.2 Å². The fourth-order valence-corrected chi connectivity index (χ4v) is 2.50. The number of rotatable bonds is 7. The average Bonchev–Trinajstić information content (AvgIpc) is 3.01. The number of aliphatic carboxylic acids is 1. The van der Waals surface area contributed by atoms with E-state index in [1.54, 1.807) is 24.3 Å². The predicted octanol–water partition coefficient (Wildman–Crippen LogP) is 0.959. The standard InChI is InChI=1S/C16H21NO5/c1-2-21-12-7-5-11(6-8-12)17-15(18)10-13(16(19)20)14-4-3-9-22-14/h5-8,13-14H,2-4,9-10H2,1H3,(H,17,18)(H,19,20)/p-1/t13-,14+/m0/s1. The van der Waals surface area contributed by atoms with Gasteiger partial charge in [-0.2, -0.15) is 0 Å². The summed E-state index contributed by atoms with van der Waals surface area (Å²) in [5, 5.41) is 13.9. The lowest BCUT2D eigenvalue weighted by Gasteiger charge is -2.23. The van der Waals surface area contributed by atoms with Gasteiger partial charge in [-0.15, -0.1) is 0 Å². The molecule has 1 aromatic carbocycles. The van der Waals surface area contributed by atoms with Crippen LogP contribution in [0.1, 0.15) is 26.2 Å². The number of hydrogen-bond acceptors (Lipinski definition) is 5. The molecule has 2 rings (SSSR count). The van der Waals surface area contributed by atoms with E-state index in [0.717, 1.165) is 6.42 Å². The van der Waals surface area contributed by atoms with Gasteiger partial charge in [-0.1, -0.05) is 0 Å². The van der Waals surface area contributed by atoms with Crippen molar-refractivity contribution in [3.8, 4) is 5.75 Å². The Morgan fingerprint density at radius 2 is 2.14 bits per heavy atom. The van der Waals surface area contributed by atoms with Crippen LogP contribution in [0.25, 0.3) is 0 Å². The van der Waals surface area contributed by atoms with Gasteiger partial charge in [0.1, 0.15) is 5.75 Å². The SMILES string of the molecule is CCOc1ccc(NC(=O)C[C@H](C(=O)[O-])[C@H]2CCCO2)cc1. The lowest BCUT2D eigenvalue weighted by molar-refractivity contribution is -0.314. The van der Waals surface area contributed by atoms with E-state index in [-0.39, 0.29) is 12.3 Å². The van der Waals surface area contributed by atoms with Crippen LogP contribution in [0.15, 0.2) is 24.3 Å². The van der Waals surface area contributed by atoms with E-state index in [1.807, 2.05) is 6.92 Å². The molecule has 0 saturated carbocycles. The first-order valence-electron chi connectivity index (χ1n) is 7.45. The van der Waals surface area contributed by atoms with Crippen molar-refractivity contribution in [1.82, 2.24) is 0 Å². The summed E-state index contributed by atoms with van der Waals surface area (Å²) in [5.41, 5.74) is 0.595. The molecule has 1 fully saturated rings. The van der Waals surface area contributed by atoms with Crippen LogP contribution >= 0.6 is 0 Å². The summed E-state index contributed by atoms with van der Waals surface area (Å²) >= 11 is 0. The maximum Gasteiger partial charge on any atom is 0.225 e. The second kappa shape index (κ2) is 7.79. The molecule has 2 atom stereocenters. The zero-order valence-corrected chi connectivity index (χ0v) is 12.5. The number of benzene rings is 1. The summed E-state index contributed by atoms with van der Waals surface area (Å²) in [6.07, 6.45) is 0.875. The minimum atomic E-state index is -1.24. The number of carboxylic acids is 1. The largest absolute Gasteiger partial charge is 0.550 e. The molecule has 1 N–H and O–H groups in total. The van der Waals surface area contributed by atoms with Crippen LogP contribution in [0.2, 0.25) is 0 Å². The predicted molar refractivity (Wildman–Crippen MR) is 78.3 cm³/mol. The molecule has 0 bridgehead atoms. The lowest BCUT2D eigenvalue weighted by Crippen LogP contribution is -2.40. The number of carbonyl (C=O) groups excluding carboxylic acids is 2. The molecule has 120 valence electrons. The minimum Gasteiger partial charge on any atom is -0.550 e. The molecule has 22 heavy (non-hydrogen) atoms. The van der Waals surface area contributed by atoms with E-state index in [0.29, 0.717) is 31.1 Å². The van der Waals surface area contributed by atoms with Crippen LogP contribution in [0.5, 0.6) is 5.75 Å². The normalized spacial score (nSPS) is 18.7. The first-order valence-corrected chi connectivity index (χ1v) is 7.45. The van der Waals surface area contributed by atoms with Crippen molar-refractivity contribution < 1.29 is 24.2 Å². The van der Waals surface area contributed by atoms with E-state index in [4.69, 9.17) is 9.47 Å². The summed E-state index contributed by atoms with van der Waals surface area (Å²) in [6, 6.07) is 6.91. The molecule has 0 aromatic heterocycles. The van der Waals surface area contributed by atoms with Crippen molar-refractivity contribution in [3.63, 3.8) is 0 Å².